The SMILES string of the molecule is CC(Cn1ccnc1)Nc1cc(Cl)nc(N)n1. The Morgan fingerprint density at radius 3 is 3.00 bits per heavy atom. The van der Waals surface area contributed by atoms with Gasteiger partial charge in [-0.1, -0.05) is 11.6 Å². The molecule has 90 valence electrons. The molecule has 2 heterocycles. The van der Waals surface area contributed by atoms with Crippen LogP contribution in [0.25, 0.3) is 0 Å². The number of nitrogens with zero attached hydrogens (tertiary/aromatic N) is 4. The van der Waals surface area contributed by atoms with Crippen LogP contribution in [0.5, 0.6) is 0 Å². The van der Waals surface area contributed by atoms with E-state index >= 15 is 0 Å². The standard InChI is InChI=1S/C10H13ClN6/c1-7(5-17-3-2-13-6-17)14-9-4-8(11)15-10(12)16-9/h2-4,6-7H,5H2,1H3,(H3,12,14,15,16). The lowest BCUT2D eigenvalue weighted by Crippen LogP contribution is -2.22. The lowest BCUT2D eigenvalue weighted by molar-refractivity contribution is 0.617. The number of halogens is 1. The normalized spacial score (nSPS) is 12.4. The van der Waals surface area contributed by atoms with E-state index in [4.69, 9.17) is 17.3 Å². The van der Waals surface area contributed by atoms with Crippen LogP contribution >= 0.6 is 11.6 Å². The van der Waals surface area contributed by atoms with E-state index in [1.54, 1.807) is 18.6 Å². The molecule has 0 saturated carbocycles. The third-order valence-electron chi connectivity index (χ3n) is 2.15. The molecule has 2 aromatic heterocycles. The lowest BCUT2D eigenvalue weighted by Gasteiger charge is -2.15. The molecule has 0 aliphatic carbocycles. The molecule has 0 saturated heterocycles. The van der Waals surface area contributed by atoms with E-state index < -0.39 is 0 Å². The summed E-state index contributed by atoms with van der Waals surface area (Å²) in [5, 5.41) is 3.53. The van der Waals surface area contributed by atoms with Gasteiger partial charge in [-0.05, 0) is 6.92 Å². The Bertz CT molecular complexity index is 463. The van der Waals surface area contributed by atoms with Gasteiger partial charge in [-0.3, -0.25) is 0 Å². The van der Waals surface area contributed by atoms with Gasteiger partial charge in [-0.15, -0.1) is 0 Å². The van der Waals surface area contributed by atoms with Crippen molar-refractivity contribution in [3.05, 3.63) is 29.9 Å². The van der Waals surface area contributed by atoms with Crippen LogP contribution in [-0.4, -0.2) is 25.6 Å². The predicted octanol–water partition coefficient (Wildman–Crippen LogP) is 1.41. The molecule has 0 spiro atoms. The first-order valence-corrected chi connectivity index (χ1v) is 5.53. The van der Waals surface area contributed by atoms with Crippen molar-refractivity contribution in [1.82, 2.24) is 19.5 Å². The van der Waals surface area contributed by atoms with E-state index in [-0.39, 0.29) is 12.0 Å². The van der Waals surface area contributed by atoms with E-state index in [0.717, 1.165) is 6.54 Å². The summed E-state index contributed by atoms with van der Waals surface area (Å²) in [5.41, 5.74) is 5.51. The molecule has 0 amide bonds. The predicted molar refractivity (Wildman–Crippen MR) is 66.8 cm³/mol. The van der Waals surface area contributed by atoms with Gasteiger partial charge in [-0.25, -0.2) is 9.97 Å². The molecular formula is C10H13ClN6. The Balaban J connectivity index is 2.00. The highest BCUT2D eigenvalue weighted by atomic mass is 35.5. The van der Waals surface area contributed by atoms with Crippen molar-refractivity contribution in [2.45, 2.75) is 19.5 Å². The largest absolute Gasteiger partial charge is 0.368 e. The van der Waals surface area contributed by atoms with E-state index in [1.165, 1.54) is 0 Å². The van der Waals surface area contributed by atoms with Crippen LogP contribution < -0.4 is 11.1 Å². The molecule has 6 nitrogen and oxygen atoms in total. The maximum Gasteiger partial charge on any atom is 0.223 e. The summed E-state index contributed by atoms with van der Waals surface area (Å²) < 4.78 is 1.98. The highest BCUT2D eigenvalue weighted by molar-refractivity contribution is 6.29. The number of anilines is 2. The molecule has 3 N–H and O–H groups in total. The van der Waals surface area contributed by atoms with Crippen molar-refractivity contribution in [3.63, 3.8) is 0 Å². The summed E-state index contributed by atoms with van der Waals surface area (Å²) in [5.74, 6) is 0.782. The summed E-state index contributed by atoms with van der Waals surface area (Å²) in [6.45, 7) is 2.81. The van der Waals surface area contributed by atoms with Gasteiger partial charge in [0.15, 0.2) is 0 Å². The smallest absolute Gasteiger partial charge is 0.223 e. The van der Waals surface area contributed by atoms with Crippen LogP contribution in [0.4, 0.5) is 11.8 Å². The van der Waals surface area contributed by atoms with Gasteiger partial charge in [0.2, 0.25) is 5.95 Å². The second-order valence-electron chi connectivity index (χ2n) is 3.74. The molecule has 0 aromatic carbocycles. The minimum Gasteiger partial charge on any atom is -0.368 e. The minimum atomic E-state index is 0.162. The Morgan fingerprint density at radius 2 is 2.35 bits per heavy atom. The van der Waals surface area contributed by atoms with E-state index in [1.807, 2.05) is 17.7 Å². The van der Waals surface area contributed by atoms with Gasteiger partial charge in [0.25, 0.3) is 0 Å². The number of nitrogen functional groups attached to an aromatic ring is 1. The highest BCUT2D eigenvalue weighted by Gasteiger charge is 2.05. The van der Waals surface area contributed by atoms with Crippen LogP contribution in [0.1, 0.15) is 6.92 Å². The van der Waals surface area contributed by atoms with Gasteiger partial charge in [0.05, 0.1) is 6.33 Å². The second kappa shape index (κ2) is 5.01. The number of hydrogen-bond acceptors (Lipinski definition) is 5. The molecule has 2 rings (SSSR count). The molecule has 0 aliphatic heterocycles. The zero-order valence-corrected chi connectivity index (χ0v) is 10.1. The van der Waals surface area contributed by atoms with Gasteiger partial charge in [-0.2, -0.15) is 4.98 Å². The average Bonchev–Trinajstić information content (AvgIpc) is 2.67. The molecule has 0 bridgehead atoms. The van der Waals surface area contributed by atoms with Crippen molar-refractivity contribution in [2.75, 3.05) is 11.1 Å². The van der Waals surface area contributed by atoms with Crippen LogP contribution in [0.3, 0.4) is 0 Å². The zero-order valence-electron chi connectivity index (χ0n) is 9.34. The summed E-state index contributed by atoms with van der Waals surface area (Å²) in [7, 11) is 0. The first kappa shape index (κ1) is 11.7. The molecule has 0 aliphatic rings. The molecule has 1 atom stereocenters. The summed E-state index contributed by atoms with van der Waals surface area (Å²) in [6.07, 6.45) is 5.41. The molecule has 7 heteroatoms. The van der Waals surface area contributed by atoms with Gasteiger partial charge < -0.3 is 15.6 Å². The zero-order chi connectivity index (χ0) is 12.3. The number of nitrogens with two attached hydrogens (primary N) is 1. The molecule has 1 unspecified atom stereocenters. The quantitative estimate of drug-likeness (QED) is 0.804. The summed E-state index contributed by atoms with van der Waals surface area (Å²) >= 11 is 5.79. The van der Waals surface area contributed by atoms with Crippen LogP contribution in [0.15, 0.2) is 24.8 Å². The molecular weight excluding hydrogens is 240 g/mol. The Labute approximate surface area is 104 Å². The Hall–Kier alpha value is -1.82. The monoisotopic (exact) mass is 252 g/mol. The van der Waals surface area contributed by atoms with E-state index in [0.29, 0.717) is 11.0 Å². The van der Waals surface area contributed by atoms with Crippen molar-refractivity contribution in [2.24, 2.45) is 0 Å². The fourth-order valence-electron chi connectivity index (χ4n) is 1.52. The maximum absolute atomic E-state index is 5.79. The number of imidazole rings is 1. The summed E-state index contributed by atoms with van der Waals surface area (Å²) in [6, 6.07) is 1.82. The number of aromatic nitrogens is 4. The first-order chi connectivity index (χ1) is 8.13. The van der Waals surface area contributed by atoms with Gasteiger partial charge in [0, 0.05) is 31.0 Å². The first-order valence-electron chi connectivity index (χ1n) is 5.16. The number of nitrogens with one attached hydrogen (secondary N) is 1. The fraction of sp³-hybridized carbons (Fsp3) is 0.300. The van der Waals surface area contributed by atoms with Gasteiger partial charge in [0.1, 0.15) is 11.0 Å². The van der Waals surface area contributed by atoms with Gasteiger partial charge >= 0.3 is 0 Å². The van der Waals surface area contributed by atoms with Crippen molar-refractivity contribution in [1.29, 1.82) is 0 Å². The molecule has 2 aromatic rings. The number of hydrogen-bond donors (Lipinski definition) is 2. The topological polar surface area (TPSA) is 81.7 Å². The van der Waals surface area contributed by atoms with Crippen molar-refractivity contribution >= 4 is 23.4 Å². The van der Waals surface area contributed by atoms with Crippen LogP contribution in [0, 0.1) is 0 Å². The van der Waals surface area contributed by atoms with Crippen LogP contribution in [-0.2, 0) is 6.54 Å². The Kier molecular flexibility index (Phi) is 3.43. The second-order valence-corrected chi connectivity index (χ2v) is 4.13. The Morgan fingerprint density at radius 1 is 1.53 bits per heavy atom. The minimum absolute atomic E-state index is 0.162. The highest BCUT2D eigenvalue weighted by Crippen LogP contribution is 2.13. The summed E-state index contributed by atoms with van der Waals surface area (Å²) in [4.78, 5) is 11.8. The van der Waals surface area contributed by atoms with Crippen LogP contribution in [0.2, 0.25) is 5.15 Å². The third kappa shape index (κ3) is 3.32. The maximum atomic E-state index is 5.79. The average molecular weight is 253 g/mol. The van der Waals surface area contributed by atoms with E-state index in [9.17, 15) is 0 Å². The van der Waals surface area contributed by atoms with Crippen molar-refractivity contribution in [3.8, 4) is 0 Å². The number of rotatable bonds is 4. The lowest BCUT2D eigenvalue weighted by atomic mass is 10.3. The third-order valence-corrected chi connectivity index (χ3v) is 2.34. The molecule has 0 fully saturated rings. The van der Waals surface area contributed by atoms with Crippen molar-refractivity contribution < 1.29 is 0 Å². The van der Waals surface area contributed by atoms with E-state index in [2.05, 4.69) is 20.3 Å². The molecule has 17 heavy (non-hydrogen) atoms. The fourth-order valence-corrected chi connectivity index (χ4v) is 1.71. The molecule has 0 radical (unpaired) electrons.